The molecule has 2 aromatic rings. The number of nitrogens with one attached hydrogen (secondary N) is 1. The minimum Gasteiger partial charge on any atom is -0.387 e. The lowest BCUT2D eigenvalue weighted by atomic mass is 9.79. The smallest absolute Gasteiger partial charge is 0.252 e. The molecule has 3 rings (SSSR count). The van der Waals surface area contributed by atoms with Crippen LogP contribution in [0.25, 0.3) is 0 Å². The third-order valence-electron chi connectivity index (χ3n) is 3.58. The summed E-state index contributed by atoms with van der Waals surface area (Å²) in [5.41, 5.74) is 6.84. The highest BCUT2D eigenvalue weighted by atomic mass is 16.5. The van der Waals surface area contributed by atoms with Gasteiger partial charge in [0, 0.05) is 36.7 Å². The van der Waals surface area contributed by atoms with Crippen LogP contribution in [0.4, 0.5) is 5.82 Å². The van der Waals surface area contributed by atoms with Gasteiger partial charge in [0.2, 0.25) is 0 Å². The molecule has 8 nitrogen and oxygen atoms in total. The van der Waals surface area contributed by atoms with E-state index in [2.05, 4.69) is 25.4 Å². The maximum absolute atomic E-state index is 8.85. The van der Waals surface area contributed by atoms with E-state index in [0.717, 1.165) is 24.4 Å². The molecule has 0 radical (unpaired) electrons. The van der Waals surface area contributed by atoms with Gasteiger partial charge in [-0.3, -0.25) is 0 Å². The van der Waals surface area contributed by atoms with Crippen molar-refractivity contribution in [1.29, 1.82) is 0 Å². The molecule has 0 aromatic carbocycles. The van der Waals surface area contributed by atoms with Crippen molar-refractivity contribution in [3.8, 4) is 0 Å². The molecule has 0 amide bonds. The van der Waals surface area contributed by atoms with Crippen LogP contribution in [0.1, 0.15) is 36.2 Å². The number of hydrogen-bond donors (Lipinski definition) is 3. The molecule has 2 aromatic heterocycles. The van der Waals surface area contributed by atoms with Gasteiger partial charge in [-0.25, -0.2) is 9.97 Å². The summed E-state index contributed by atoms with van der Waals surface area (Å²) >= 11 is 0. The Kier molecular flexibility index (Phi) is 4.07. The SMILES string of the molecule is NC1CC(c2cc(NCCc3noc(CO)n3)ncn2)C1. The zero-order valence-electron chi connectivity index (χ0n) is 11.6. The van der Waals surface area contributed by atoms with Crippen LogP contribution < -0.4 is 11.1 Å². The van der Waals surface area contributed by atoms with E-state index in [0.29, 0.717) is 30.7 Å². The van der Waals surface area contributed by atoms with Gasteiger partial charge in [0.25, 0.3) is 5.89 Å². The van der Waals surface area contributed by atoms with E-state index >= 15 is 0 Å². The fourth-order valence-electron chi connectivity index (χ4n) is 2.35. The Morgan fingerprint density at radius 3 is 2.95 bits per heavy atom. The molecule has 1 fully saturated rings. The molecular weight excluding hydrogens is 272 g/mol. The van der Waals surface area contributed by atoms with Gasteiger partial charge in [0.05, 0.1) is 0 Å². The van der Waals surface area contributed by atoms with Crippen molar-refractivity contribution in [1.82, 2.24) is 20.1 Å². The van der Waals surface area contributed by atoms with Crippen molar-refractivity contribution in [2.24, 2.45) is 5.73 Å². The number of aliphatic hydroxyl groups excluding tert-OH is 1. The molecule has 1 aliphatic carbocycles. The summed E-state index contributed by atoms with van der Waals surface area (Å²) in [7, 11) is 0. The first-order valence-corrected chi connectivity index (χ1v) is 6.98. The monoisotopic (exact) mass is 290 g/mol. The lowest BCUT2D eigenvalue weighted by molar-refractivity contribution is 0.222. The molecule has 112 valence electrons. The van der Waals surface area contributed by atoms with Crippen LogP contribution in [-0.4, -0.2) is 37.8 Å². The quantitative estimate of drug-likeness (QED) is 0.690. The molecule has 1 saturated carbocycles. The second kappa shape index (κ2) is 6.15. The van der Waals surface area contributed by atoms with E-state index in [1.807, 2.05) is 6.07 Å². The van der Waals surface area contributed by atoms with Crippen molar-refractivity contribution in [3.05, 3.63) is 29.8 Å². The summed E-state index contributed by atoms with van der Waals surface area (Å²) in [5, 5.41) is 15.8. The van der Waals surface area contributed by atoms with Crippen LogP contribution in [0.5, 0.6) is 0 Å². The Hall–Kier alpha value is -2.06. The van der Waals surface area contributed by atoms with Crippen LogP contribution in [0, 0.1) is 0 Å². The predicted octanol–water partition coefficient (Wildman–Crippen LogP) is 0.211. The molecule has 1 aliphatic rings. The Balaban J connectivity index is 1.52. The van der Waals surface area contributed by atoms with E-state index in [1.54, 1.807) is 6.33 Å². The molecule has 0 unspecified atom stereocenters. The second-order valence-corrected chi connectivity index (χ2v) is 5.20. The number of anilines is 1. The van der Waals surface area contributed by atoms with Gasteiger partial charge in [0.15, 0.2) is 5.82 Å². The highest BCUT2D eigenvalue weighted by Gasteiger charge is 2.28. The van der Waals surface area contributed by atoms with Gasteiger partial charge in [0.1, 0.15) is 18.8 Å². The highest BCUT2D eigenvalue weighted by molar-refractivity contribution is 5.36. The summed E-state index contributed by atoms with van der Waals surface area (Å²) < 4.78 is 4.82. The lowest BCUT2D eigenvalue weighted by Gasteiger charge is -2.31. The van der Waals surface area contributed by atoms with Crippen molar-refractivity contribution >= 4 is 5.82 Å². The van der Waals surface area contributed by atoms with E-state index in [1.165, 1.54) is 0 Å². The summed E-state index contributed by atoms with van der Waals surface area (Å²) in [6, 6.07) is 2.27. The Morgan fingerprint density at radius 1 is 1.38 bits per heavy atom. The largest absolute Gasteiger partial charge is 0.387 e. The summed E-state index contributed by atoms with van der Waals surface area (Å²) in [6.45, 7) is 0.393. The first-order chi connectivity index (χ1) is 10.2. The number of nitrogens with zero attached hydrogens (tertiary/aromatic N) is 4. The van der Waals surface area contributed by atoms with Crippen molar-refractivity contribution in [3.63, 3.8) is 0 Å². The second-order valence-electron chi connectivity index (χ2n) is 5.20. The molecule has 0 saturated heterocycles. The summed E-state index contributed by atoms with van der Waals surface area (Å²) in [6.07, 6.45) is 4.14. The summed E-state index contributed by atoms with van der Waals surface area (Å²) in [4.78, 5) is 12.5. The first-order valence-electron chi connectivity index (χ1n) is 6.98. The standard InChI is InChI=1S/C13H18N6O2/c14-9-3-8(4-9)10-5-12(17-7-16-10)15-2-1-11-18-13(6-20)21-19-11/h5,7-9,20H,1-4,6,14H2,(H,15,16,17). The average molecular weight is 290 g/mol. The third-order valence-corrected chi connectivity index (χ3v) is 3.58. The number of aromatic nitrogens is 4. The van der Waals surface area contributed by atoms with Gasteiger partial charge in [-0.2, -0.15) is 4.98 Å². The van der Waals surface area contributed by atoms with Crippen LogP contribution in [0.2, 0.25) is 0 Å². The molecule has 4 N–H and O–H groups in total. The minimum absolute atomic E-state index is 0.232. The Morgan fingerprint density at radius 2 is 2.24 bits per heavy atom. The number of rotatable bonds is 6. The molecular formula is C13H18N6O2. The number of hydrogen-bond acceptors (Lipinski definition) is 8. The zero-order chi connectivity index (χ0) is 14.7. The maximum Gasteiger partial charge on any atom is 0.252 e. The molecule has 8 heteroatoms. The lowest BCUT2D eigenvalue weighted by Crippen LogP contribution is -2.35. The molecule has 2 heterocycles. The van der Waals surface area contributed by atoms with E-state index in [4.69, 9.17) is 15.4 Å². The molecule has 0 atom stereocenters. The Labute approximate surface area is 121 Å². The molecule has 0 aliphatic heterocycles. The van der Waals surface area contributed by atoms with E-state index in [9.17, 15) is 0 Å². The molecule has 0 bridgehead atoms. The third kappa shape index (κ3) is 3.34. The Bertz CT molecular complexity index is 596. The van der Waals surface area contributed by atoms with Crippen LogP contribution in [0.3, 0.4) is 0 Å². The van der Waals surface area contributed by atoms with Crippen molar-refractivity contribution < 1.29 is 9.63 Å². The first kappa shape index (κ1) is 13.9. The van der Waals surface area contributed by atoms with Gasteiger partial charge in [-0.1, -0.05) is 5.16 Å². The normalized spacial score (nSPS) is 21.0. The van der Waals surface area contributed by atoms with Gasteiger partial charge < -0.3 is 20.7 Å². The van der Waals surface area contributed by atoms with Crippen molar-refractivity contribution in [2.75, 3.05) is 11.9 Å². The topological polar surface area (TPSA) is 123 Å². The van der Waals surface area contributed by atoms with Crippen LogP contribution in [-0.2, 0) is 13.0 Å². The van der Waals surface area contributed by atoms with E-state index in [-0.39, 0.29) is 12.5 Å². The average Bonchev–Trinajstić information content (AvgIpc) is 2.92. The van der Waals surface area contributed by atoms with Crippen molar-refractivity contribution in [2.45, 2.75) is 37.8 Å². The number of nitrogens with two attached hydrogens (primary N) is 1. The summed E-state index contributed by atoms with van der Waals surface area (Å²) in [5.74, 6) is 2.03. The fourth-order valence-corrected chi connectivity index (χ4v) is 2.35. The molecule has 21 heavy (non-hydrogen) atoms. The maximum atomic E-state index is 8.85. The van der Waals surface area contributed by atoms with Gasteiger partial charge in [-0.05, 0) is 12.8 Å². The van der Waals surface area contributed by atoms with Gasteiger partial charge >= 0.3 is 0 Å². The zero-order valence-corrected chi connectivity index (χ0v) is 11.6. The van der Waals surface area contributed by atoms with Crippen LogP contribution >= 0.6 is 0 Å². The molecule has 0 spiro atoms. The van der Waals surface area contributed by atoms with E-state index < -0.39 is 0 Å². The van der Waals surface area contributed by atoms with Crippen LogP contribution in [0.15, 0.2) is 16.9 Å². The fraction of sp³-hybridized carbons (Fsp3) is 0.538. The highest BCUT2D eigenvalue weighted by Crippen LogP contribution is 2.34. The number of aliphatic hydroxyl groups is 1. The minimum atomic E-state index is -0.237. The van der Waals surface area contributed by atoms with Gasteiger partial charge in [-0.15, -0.1) is 0 Å². The predicted molar refractivity (Wildman–Crippen MR) is 74.4 cm³/mol.